The van der Waals surface area contributed by atoms with Crippen LogP contribution in [-0.2, 0) is 0 Å². The molecule has 4 heteroatoms. The van der Waals surface area contributed by atoms with Crippen molar-refractivity contribution in [3.8, 4) is 0 Å². The summed E-state index contributed by atoms with van der Waals surface area (Å²) in [5, 5.41) is 17.9. The molecule has 0 unspecified atom stereocenters. The van der Waals surface area contributed by atoms with Gasteiger partial charge in [-0.25, -0.2) is 0 Å². The fraction of sp³-hybridized carbons (Fsp3) is 0.400. The second-order valence-corrected chi connectivity index (χ2v) is 5.85. The molecule has 3 nitrogen and oxygen atoms in total. The number of hydrogen-bond donors (Lipinski definition) is 1. The van der Waals surface area contributed by atoms with Gasteiger partial charge in [0.05, 0.1) is 6.10 Å². The van der Waals surface area contributed by atoms with E-state index in [1.165, 1.54) is 4.90 Å². The first-order valence-corrected chi connectivity index (χ1v) is 7.12. The minimum Gasteiger partial charge on any atom is -0.392 e. The number of benzene rings is 1. The molecule has 104 valence electrons. The van der Waals surface area contributed by atoms with Crippen molar-refractivity contribution in [3.05, 3.63) is 41.8 Å². The second kappa shape index (κ2) is 7.36. The third kappa shape index (κ3) is 5.49. The van der Waals surface area contributed by atoms with Gasteiger partial charge >= 0.3 is 0 Å². The van der Waals surface area contributed by atoms with Crippen LogP contribution in [0.2, 0.25) is 0 Å². The smallest absolute Gasteiger partial charge is 0.0650 e. The summed E-state index contributed by atoms with van der Waals surface area (Å²) >= 11 is 1.63. The molecule has 1 rings (SSSR count). The molecular formula is C15H22N2OS. The molecule has 0 heterocycles. The summed E-state index contributed by atoms with van der Waals surface area (Å²) in [6, 6.07) is 10.1. The quantitative estimate of drug-likeness (QED) is 0.493. The lowest BCUT2D eigenvalue weighted by Crippen LogP contribution is -2.30. The molecule has 0 aromatic heterocycles. The molecule has 19 heavy (non-hydrogen) atoms. The Bertz CT molecular complexity index is 429. The van der Waals surface area contributed by atoms with Crippen molar-refractivity contribution < 1.29 is 5.11 Å². The van der Waals surface area contributed by atoms with Crippen LogP contribution < -0.4 is 0 Å². The highest BCUT2D eigenvalue weighted by atomic mass is 32.2. The van der Waals surface area contributed by atoms with E-state index in [0.717, 1.165) is 0 Å². The van der Waals surface area contributed by atoms with Crippen molar-refractivity contribution >= 4 is 18.0 Å². The molecule has 0 bridgehead atoms. The predicted molar refractivity (Wildman–Crippen MR) is 83.4 cm³/mol. The Balaban J connectivity index is 2.73. The van der Waals surface area contributed by atoms with E-state index >= 15 is 0 Å². The molecule has 1 aromatic rings. The molecule has 0 saturated carbocycles. The number of thioether (sulfide) groups is 1. The highest BCUT2D eigenvalue weighted by molar-refractivity contribution is 8.02. The van der Waals surface area contributed by atoms with E-state index in [2.05, 4.69) is 17.2 Å². The van der Waals surface area contributed by atoms with E-state index in [1.807, 2.05) is 50.7 Å². The molecule has 0 amide bonds. The Morgan fingerprint density at radius 1 is 1.32 bits per heavy atom. The number of nitrogens with zero attached hydrogens (tertiary/aromatic N) is 2. The Morgan fingerprint density at radius 3 is 2.47 bits per heavy atom. The first-order chi connectivity index (χ1) is 8.94. The topological polar surface area (TPSA) is 35.8 Å². The molecule has 0 radical (unpaired) electrons. The van der Waals surface area contributed by atoms with Gasteiger partial charge in [0.1, 0.15) is 0 Å². The van der Waals surface area contributed by atoms with Gasteiger partial charge in [0.25, 0.3) is 0 Å². The lowest BCUT2D eigenvalue weighted by atomic mass is 9.87. The zero-order valence-corrected chi connectivity index (χ0v) is 12.8. The van der Waals surface area contributed by atoms with Gasteiger partial charge in [0, 0.05) is 30.6 Å². The van der Waals surface area contributed by atoms with Crippen LogP contribution in [0.1, 0.15) is 13.8 Å². The minimum absolute atomic E-state index is 0.466. The summed E-state index contributed by atoms with van der Waals surface area (Å²) in [5.41, 5.74) is -0.466. The van der Waals surface area contributed by atoms with Crippen LogP contribution in [0.3, 0.4) is 0 Å². The van der Waals surface area contributed by atoms with Crippen LogP contribution in [0.5, 0.6) is 0 Å². The minimum atomic E-state index is -0.496. The molecule has 0 spiro atoms. The summed E-state index contributed by atoms with van der Waals surface area (Å²) in [6.07, 6.45) is 3.27. The van der Waals surface area contributed by atoms with Crippen LogP contribution in [0, 0.1) is 5.41 Å². The molecule has 0 saturated heterocycles. The summed E-state index contributed by atoms with van der Waals surface area (Å²) in [5.74, 6) is 0. The van der Waals surface area contributed by atoms with Crippen molar-refractivity contribution in [3.63, 3.8) is 0 Å². The van der Waals surface area contributed by atoms with Crippen molar-refractivity contribution in [1.82, 2.24) is 5.01 Å². The summed E-state index contributed by atoms with van der Waals surface area (Å²) in [4.78, 5) is 1.18. The highest BCUT2D eigenvalue weighted by Crippen LogP contribution is 2.25. The van der Waals surface area contributed by atoms with E-state index in [1.54, 1.807) is 29.9 Å². The van der Waals surface area contributed by atoms with Crippen molar-refractivity contribution in [2.24, 2.45) is 10.5 Å². The van der Waals surface area contributed by atoms with E-state index in [4.69, 9.17) is 0 Å². The van der Waals surface area contributed by atoms with Gasteiger partial charge in [0.15, 0.2) is 0 Å². The average molecular weight is 278 g/mol. The molecule has 0 fully saturated rings. The van der Waals surface area contributed by atoms with Crippen LogP contribution in [0.4, 0.5) is 0 Å². The lowest BCUT2D eigenvalue weighted by molar-refractivity contribution is 0.130. The number of hydrogen-bond acceptors (Lipinski definition) is 4. The van der Waals surface area contributed by atoms with Gasteiger partial charge in [-0.15, -0.1) is 0 Å². The van der Waals surface area contributed by atoms with E-state index in [-0.39, 0.29) is 0 Å². The third-order valence-corrected chi connectivity index (χ3v) is 3.66. The second-order valence-electron chi connectivity index (χ2n) is 4.87. The zero-order valence-electron chi connectivity index (χ0n) is 11.9. The van der Waals surface area contributed by atoms with Crippen LogP contribution in [0.15, 0.2) is 51.8 Å². The van der Waals surface area contributed by atoms with Gasteiger partial charge in [-0.3, -0.25) is 0 Å². The first-order valence-electron chi connectivity index (χ1n) is 6.24. The maximum Gasteiger partial charge on any atom is 0.0650 e. The van der Waals surface area contributed by atoms with Gasteiger partial charge in [0.2, 0.25) is 0 Å². The Labute approximate surface area is 120 Å². The van der Waals surface area contributed by atoms with E-state index in [0.29, 0.717) is 0 Å². The Hall–Kier alpha value is -1.26. The standard InChI is InChI=1S/C15H22N2OS/c1-13(18)15(2,12-16-17(3)4)10-11-19-14-8-6-5-7-9-14/h5-13,18H,1-4H3/b11-10+,16-12-/t13-,15-/m1/s1. The van der Waals surface area contributed by atoms with E-state index in [9.17, 15) is 5.11 Å². The zero-order chi connectivity index (χ0) is 14.3. The summed E-state index contributed by atoms with van der Waals surface area (Å²) in [7, 11) is 3.72. The molecule has 0 aliphatic rings. The molecule has 2 atom stereocenters. The van der Waals surface area contributed by atoms with Gasteiger partial charge in [-0.2, -0.15) is 5.10 Å². The van der Waals surface area contributed by atoms with Gasteiger partial charge < -0.3 is 10.1 Å². The highest BCUT2D eigenvalue weighted by Gasteiger charge is 2.25. The summed E-state index contributed by atoms with van der Waals surface area (Å²) in [6.45, 7) is 3.74. The van der Waals surface area contributed by atoms with Crippen LogP contribution >= 0.6 is 11.8 Å². The molecule has 0 aliphatic carbocycles. The Morgan fingerprint density at radius 2 is 1.95 bits per heavy atom. The number of aliphatic hydroxyl groups excluding tert-OH is 1. The summed E-state index contributed by atoms with van der Waals surface area (Å²) < 4.78 is 0. The number of rotatable bonds is 6. The van der Waals surface area contributed by atoms with Gasteiger partial charge in [-0.05, 0) is 31.4 Å². The maximum absolute atomic E-state index is 9.91. The van der Waals surface area contributed by atoms with Crippen molar-refractivity contribution in [1.29, 1.82) is 0 Å². The van der Waals surface area contributed by atoms with E-state index < -0.39 is 11.5 Å². The van der Waals surface area contributed by atoms with Crippen molar-refractivity contribution in [2.75, 3.05) is 14.1 Å². The lowest BCUT2D eigenvalue weighted by Gasteiger charge is -2.25. The third-order valence-electron chi connectivity index (χ3n) is 2.84. The van der Waals surface area contributed by atoms with Crippen molar-refractivity contribution in [2.45, 2.75) is 24.8 Å². The largest absolute Gasteiger partial charge is 0.392 e. The first kappa shape index (κ1) is 15.8. The van der Waals surface area contributed by atoms with Gasteiger partial charge in [-0.1, -0.05) is 36.0 Å². The number of hydrazone groups is 1. The molecule has 1 aromatic carbocycles. The fourth-order valence-electron chi connectivity index (χ4n) is 1.29. The molecule has 0 aliphatic heterocycles. The SMILES string of the molecule is C[C@@H](O)[C@@](C)(/C=N\N(C)C)/C=C/Sc1ccccc1. The predicted octanol–water partition coefficient (Wildman–Crippen LogP) is 3.23. The maximum atomic E-state index is 9.91. The molecular weight excluding hydrogens is 256 g/mol. The van der Waals surface area contributed by atoms with Crippen LogP contribution in [-0.4, -0.2) is 36.5 Å². The average Bonchev–Trinajstić information content (AvgIpc) is 2.37. The fourth-order valence-corrected chi connectivity index (χ4v) is 2.12. The Kier molecular flexibility index (Phi) is 6.12. The number of aliphatic hydroxyl groups is 1. The monoisotopic (exact) mass is 278 g/mol. The molecule has 1 N–H and O–H groups in total. The normalized spacial score (nSPS) is 16.7. The van der Waals surface area contributed by atoms with Crippen LogP contribution in [0.25, 0.3) is 0 Å².